The third-order valence-corrected chi connectivity index (χ3v) is 4.86. The Balaban J connectivity index is 1.67. The summed E-state index contributed by atoms with van der Waals surface area (Å²) in [5.41, 5.74) is 2.69. The third kappa shape index (κ3) is 3.28. The zero-order chi connectivity index (χ0) is 19.1. The lowest BCUT2D eigenvalue weighted by Crippen LogP contribution is -2.25. The molecule has 140 valence electrons. The summed E-state index contributed by atoms with van der Waals surface area (Å²) < 4.78 is 8.58. The molecule has 0 spiro atoms. The molecule has 1 amide bonds. The molecule has 0 bridgehead atoms. The van der Waals surface area contributed by atoms with E-state index in [0.29, 0.717) is 22.2 Å². The molecule has 2 heterocycles. The van der Waals surface area contributed by atoms with Crippen molar-refractivity contribution in [3.8, 4) is 23.0 Å². The Morgan fingerprint density at radius 3 is 2.81 bits per heavy atom. The van der Waals surface area contributed by atoms with Gasteiger partial charge in [-0.3, -0.25) is 4.79 Å². The molecule has 1 N–H and O–H groups in total. The number of nitrogens with one attached hydrogen (secondary N) is 1. The van der Waals surface area contributed by atoms with Crippen LogP contribution in [0.2, 0.25) is 5.02 Å². The lowest BCUT2D eigenvalue weighted by Gasteiger charge is -2.07. The van der Waals surface area contributed by atoms with Gasteiger partial charge in [0.25, 0.3) is 5.91 Å². The van der Waals surface area contributed by atoms with Gasteiger partial charge in [-0.2, -0.15) is 0 Å². The molecule has 0 atom stereocenters. The van der Waals surface area contributed by atoms with E-state index in [4.69, 9.17) is 16.3 Å². The van der Waals surface area contributed by atoms with Gasteiger partial charge in [-0.15, -0.1) is 10.2 Å². The summed E-state index contributed by atoms with van der Waals surface area (Å²) in [4.78, 5) is 12.4. The zero-order valence-electron chi connectivity index (χ0n) is 15.2. The van der Waals surface area contributed by atoms with Crippen LogP contribution < -0.4 is 10.1 Å². The SMILES string of the molecule is COc1nn(C)c(-n2cc(-c3ccc(Cl)c(C(=O)NC4CC4)c3)nn2)c1C. The van der Waals surface area contributed by atoms with Crippen molar-refractivity contribution in [2.75, 3.05) is 7.11 Å². The van der Waals surface area contributed by atoms with Crippen molar-refractivity contribution in [3.63, 3.8) is 0 Å². The number of hydrogen-bond acceptors (Lipinski definition) is 5. The molecule has 1 aromatic carbocycles. The van der Waals surface area contributed by atoms with Gasteiger partial charge in [0.2, 0.25) is 5.88 Å². The summed E-state index contributed by atoms with van der Waals surface area (Å²) in [6.07, 6.45) is 3.82. The van der Waals surface area contributed by atoms with Crippen LogP contribution in [0, 0.1) is 6.92 Å². The number of amides is 1. The number of hydrogen-bond donors (Lipinski definition) is 1. The Kier molecular flexibility index (Phi) is 4.35. The van der Waals surface area contributed by atoms with Crippen molar-refractivity contribution in [1.82, 2.24) is 30.1 Å². The highest BCUT2D eigenvalue weighted by Gasteiger charge is 2.25. The maximum absolute atomic E-state index is 12.4. The standard InChI is InChI=1S/C18H19ClN6O2/c1-10-17(27-3)22-24(2)18(10)25-9-15(21-23-25)11-4-7-14(19)13(8-11)16(26)20-12-5-6-12/h4,7-9,12H,5-6H2,1-3H3,(H,20,26). The minimum Gasteiger partial charge on any atom is -0.480 e. The number of benzene rings is 1. The van der Waals surface area contributed by atoms with Crippen LogP contribution in [0.25, 0.3) is 17.1 Å². The number of carbonyl (C=O) groups excluding carboxylic acids is 1. The molecule has 0 saturated heterocycles. The average molecular weight is 387 g/mol. The first-order chi connectivity index (χ1) is 13.0. The first-order valence-corrected chi connectivity index (χ1v) is 8.97. The summed E-state index contributed by atoms with van der Waals surface area (Å²) >= 11 is 6.22. The van der Waals surface area contributed by atoms with Crippen LogP contribution in [0.5, 0.6) is 5.88 Å². The summed E-state index contributed by atoms with van der Waals surface area (Å²) in [5, 5.41) is 16.1. The Morgan fingerprint density at radius 2 is 2.15 bits per heavy atom. The second-order valence-electron chi connectivity index (χ2n) is 6.57. The molecule has 9 heteroatoms. The van der Waals surface area contributed by atoms with Crippen LogP contribution >= 0.6 is 11.6 Å². The van der Waals surface area contributed by atoms with Crippen LogP contribution in [-0.4, -0.2) is 43.8 Å². The van der Waals surface area contributed by atoms with Crippen LogP contribution in [-0.2, 0) is 7.05 Å². The number of halogens is 1. The van der Waals surface area contributed by atoms with Crippen LogP contribution in [0.1, 0.15) is 28.8 Å². The quantitative estimate of drug-likeness (QED) is 0.728. The van der Waals surface area contributed by atoms with E-state index >= 15 is 0 Å². The van der Waals surface area contributed by atoms with E-state index in [1.807, 2.05) is 20.0 Å². The second-order valence-corrected chi connectivity index (χ2v) is 6.98. The van der Waals surface area contributed by atoms with Gasteiger partial charge in [0.05, 0.1) is 29.5 Å². The number of nitrogens with zero attached hydrogens (tertiary/aromatic N) is 5. The van der Waals surface area contributed by atoms with Crippen molar-refractivity contribution in [2.45, 2.75) is 25.8 Å². The van der Waals surface area contributed by atoms with Crippen molar-refractivity contribution < 1.29 is 9.53 Å². The lowest BCUT2D eigenvalue weighted by molar-refractivity contribution is 0.0951. The molecular weight excluding hydrogens is 368 g/mol. The second kappa shape index (κ2) is 6.70. The number of aryl methyl sites for hydroxylation is 1. The fraction of sp³-hybridized carbons (Fsp3) is 0.333. The van der Waals surface area contributed by atoms with E-state index in [0.717, 1.165) is 29.8 Å². The molecule has 1 aliphatic carbocycles. The summed E-state index contributed by atoms with van der Waals surface area (Å²) in [5.74, 6) is 1.13. The van der Waals surface area contributed by atoms with Crippen molar-refractivity contribution >= 4 is 17.5 Å². The van der Waals surface area contributed by atoms with Gasteiger partial charge in [0.15, 0.2) is 5.82 Å². The number of methoxy groups -OCH3 is 1. The highest BCUT2D eigenvalue weighted by Crippen LogP contribution is 2.27. The maximum Gasteiger partial charge on any atom is 0.253 e. The van der Waals surface area contributed by atoms with Crippen molar-refractivity contribution in [1.29, 1.82) is 0 Å². The third-order valence-electron chi connectivity index (χ3n) is 4.53. The average Bonchev–Trinajstić information content (AvgIpc) is 3.24. The molecule has 4 rings (SSSR count). The molecule has 8 nitrogen and oxygen atoms in total. The van der Waals surface area contributed by atoms with Gasteiger partial charge in [0, 0.05) is 18.7 Å². The molecule has 27 heavy (non-hydrogen) atoms. The largest absolute Gasteiger partial charge is 0.480 e. The Hall–Kier alpha value is -2.87. The minimum atomic E-state index is -0.163. The summed E-state index contributed by atoms with van der Waals surface area (Å²) in [6.45, 7) is 1.91. The van der Waals surface area contributed by atoms with Gasteiger partial charge in [-0.1, -0.05) is 22.9 Å². The first kappa shape index (κ1) is 17.5. The molecular formula is C18H19ClN6O2. The van der Waals surface area contributed by atoms with E-state index in [-0.39, 0.29) is 11.9 Å². The Morgan fingerprint density at radius 1 is 1.37 bits per heavy atom. The number of aromatic nitrogens is 5. The highest BCUT2D eigenvalue weighted by atomic mass is 35.5. The Labute approximate surface area is 161 Å². The van der Waals surface area contributed by atoms with Crippen molar-refractivity contribution in [3.05, 3.63) is 40.5 Å². The van der Waals surface area contributed by atoms with Gasteiger partial charge >= 0.3 is 0 Å². The van der Waals surface area contributed by atoms with Gasteiger partial charge in [0.1, 0.15) is 5.69 Å². The number of ether oxygens (including phenoxy) is 1. The smallest absolute Gasteiger partial charge is 0.253 e. The van der Waals surface area contributed by atoms with E-state index in [2.05, 4.69) is 20.7 Å². The van der Waals surface area contributed by atoms with Crippen molar-refractivity contribution in [2.24, 2.45) is 7.05 Å². The summed E-state index contributed by atoms with van der Waals surface area (Å²) in [6, 6.07) is 5.53. The predicted octanol–water partition coefficient (Wildman–Crippen LogP) is 2.53. The normalized spacial score (nSPS) is 13.6. The van der Waals surface area contributed by atoms with Gasteiger partial charge in [-0.25, -0.2) is 9.36 Å². The molecule has 1 fully saturated rings. The topological polar surface area (TPSA) is 86.9 Å². The van der Waals surface area contributed by atoms with E-state index in [1.165, 1.54) is 0 Å². The molecule has 2 aromatic heterocycles. The predicted molar refractivity (Wildman–Crippen MR) is 100 cm³/mol. The molecule has 0 aliphatic heterocycles. The first-order valence-electron chi connectivity index (χ1n) is 8.59. The van der Waals surface area contributed by atoms with E-state index in [9.17, 15) is 4.79 Å². The van der Waals surface area contributed by atoms with E-state index < -0.39 is 0 Å². The molecule has 0 radical (unpaired) electrons. The number of rotatable bonds is 5. The van der Waals surface area contributed by atoms with Crippen LogP contribution in [0.4, 0.5) is 0 Å². The molecule has 1 aliphatic rings. The van der Waals surface area contributed by atoms with Crippen LogP contribution in [0.15, 0.2) is 24.4 Å². The lowest BCUT2D eigenvalue weighted by atomic mass is 10.1. The van der Waals surface area contributed by atoms with E-state index in [1.54, 1.807) is 34.8 Å². The zero-order valence-corrected chi connectivity index (χ0v) is 16.0. The fourth-order valence-electron chi connectivity index (χ4n) is 2.96. The molecule has 1 saturated carbocycles. The number of carbonyl (C=O) groups is 1. The van der Waals surface area contributed by atoms with Crippen LogP contribution in [0.3, 0.4) is 0 Å². The fourth-order valence-corrected chi connectivity index (χ4v) is 3.16. The van der Waals surface area contributed by atoms with Gasteiger partial charge in [-0.05, 0) is 31.9 Å². The minimum absolute atomic E-state index is 0.163. The summed E-state index contributed by atoms with van der Waals surface area (Å²) in [7, 11) is 3.39. The molecule has 0 unspecified atom stereocenters. The Bertz CT molecular complexity index is 1020. The highest BCUT2D eigenvalue weighted by molar-refractivity contribution is 6.34. The maximum atomic E-state index is 12.4. The molecule has 3 aromatic rings. The van der Waals surface area contributed by atoms with Gasteiger partial charge < -0.3 is 10.1 Å². The monoisotopic (exact) mass is 386 g/mol.